The summed E-state index contributed by atoms with van der Waals surface area (Å²) in [5, 5.41) is 13.5. The Morgan fingerprint density at radius 3 is 2.54 bits per heavy atom. The molecule has 1 fully saturated rings. The van der Waals surface area contributed by atoms with Crippen molar-refractivity contribution in [3.8, 4) is 11.5 Å². The summed E-state index contributed by atoms with van der Waals surface area (Å²) in [6, 6.07) is 19.0. The molecule has 184 valence electrons. The van der Waals surface area contributed by atoms with E-state index in [0.29, 0.717) is 74.0 Å². The van der Waals surface area contributed by atoms with E-state index in [-0.39, 0.29) is 5.56 Å². The maximum atomic E-state index is 11.9. The molecule has 2 N–H and O–H groups in total. The molecule has 0 amide bonds. The third-order valence-corrected chi connectivity index (χ3v) is 5.95. The van der Waals surface area contributed by atoms with Crippen LogP contribution in [0, 0.1) is 0 Å². The van der Waals surface area contributed by atoms with Crippen LogP contribution < -0.4 is 19.7 Å². The number of carboxylic acids is 1. The Bertz CT molecular complexity index is 1150. The second-order valence-corrected chi connectivity index (χ2v) is 8.51. The maximum Gasteiger partial charge on any atom is 0.337 e. The Morgan fingerprint density at radius 2 is 1.83 bits per heavy atom. The fourth-order valence-electron chi connectivity index (χ4n) is 3.96. The SMILES string of the molecule is CCOc1cc(CNc2ccc(N3CCOCC3)c(C(=O)O)c2)cc(Cl)c1OCc1ccccc1. The lowest BCUT2D eigenvalue weighted by atomic mass is 10.1. The molecule has 35 heavy (non-hydrogen) atoms. The molecule has 0 bridgehead atoms. The number of carbonyl (C=O) groups is 1. The first-order chi connectivity index (χ1) is 17.0. The van der Waals surface area contributed by atoms with Gasteiger partial charge in [-0.05, 0) is 48.4 Å². The Hall–Kier alpha value is -3.42. The molecule has 1 aliphatic rings. The highest BCUT2D eigenvalue weighted by molar-refractivity contribution is 6.32. The van der Waals surface area contributed by atoms with Gasteiger partial charge in [-0.3, -0.25) is 0 Å². The van der Waals surface area contributed by atoms with Crippen LogP contribution in [0.1, 0.15) is 28.4 Å². The molecule has 8 heteroatoms. The van der Waals surface area contributed by atoms with Gasteiger partial charge in [-0.15, -0.1) is 0 Å². The Kier molecular flexibility index (Phi) is 8.34. The standard InChI is InChI=1S/C27H29ClN2O5/c1-2-34-25-15-20(14-23(28)26(25)35-18-19-6-4-3-5-7-19)17-29-21-8-9-24(22(16-21)27(31)32)30-10-12-33-13-11-30/h3-9,14-16,29H,2,10-13,17-18H2,1H3,(H,31,32). The highest BCUT2D eigenvalue weighted by Gasteiger charge is 2.19. The van der Waals surface area contributed by atoms with E-state index in [9.17, 15) is 9.90 Å². The smallest absolute Gasteiger partial charge is 0.337 e. The Balaban J connectivity index is 1.48. The monoisotopic (exact) mass is 496 g/mol. The zero-order chi connectivity index (χ0) is 24.6. The number of hydrogen-bond donors (Lipinski definition) is 2. The molecule has 0 atom stereocenters. The maximum absolute atomic E-state index is 11.9. The third-order valence-electron chi connectivity index (χ3n) is 5.67. The molecular formula is C27H29ClN2O5. The zero-order valence-electron chi connectivity index (χ0n) is 19.6. The summed E-state index contributed by atoms with van der Waals surface area (Å²) >= 11 is 6.57. The highest BCUT2D eigenvalue weighted by atomic mass is 35.5. The van der Waals surface area contributed by atoms with Gasteiger partial charge in [0, 0.05) is 25.3 Å². The van der Waals surface area contributed by atoms with E-state index in [4.69, 9.17) is 25.8 Å². The number of benzene rings is 3. The summed E-state index contributed by atoms with van der Waals surface area (Å²) in [6.45, 7) is 5.72. The number of hydrogen-bond acceptors (Lipinski definition) is 6. The van der Waals surface area contributed by atoms with Gasteiger partial charge in [-0.1, -0.05) is 41.9 Å². The fraction of sp³-hybridized carbons (Fsp3) is 0.296. The predicted molar refractivity (Wildman–Crippen MR) is 137 cm³/mol. The second kappa shape index (κ2) is 11.8. The molecule has 4 rings (SSSR count). The van der Waals surface area contributed by atoms with Crippen LogP contribution in [-0.2, 0) is 17.9 Å². The number of carboxylic acid groups (broad SMARTS) is 1. The van der Waals surface area contributed by atoms with Crippen molar-refractivity contribution < 1.29 is 24.1 Å². The summed E-state index contributed by atoms with van der Waals surface area (Å²) in [7, 11) is 0. The first-order valence-corrected chi connectivity index (χ1v) is 12.0. The van der Waals surface area contributed by atoms with Gasteiger partial charge in [0.05, 0.1) is 36.1 Å². The molecule has 0 radical (unpaired) electrons. The van der Waals surface area contributed by atoms with Crippen molar-refractivity contribution in [3.05, 3.63) is 82.4 Å². The van der Waals surface area contributed by atoms with E-state index < -0.39 is 5.97 Å². The van der Waals surface area contributed by atoms with Crippen LogP contribution in [-0.4, -0.2) is 44.0 Å². The van der Waals surface area contributed by atoms with Crippen LogP contribution in [0.4, 0.5) is 11.4 Å². The number of ether oxygens (including phenoxy) is 3. The molecule has 0 spiro atoms. The molecule has 0 aliphatic carbocycles. The normalized spacial score (nSPS) is 13.4. The average Bonchev–Trinajstić information content (AvgIpc) is 2.88. The number of anilines is 2. The van der Waals surface area contributed by atoms with Crippen LogP contribution in [0.15, 0.2) is 60.7 Å². The lowest BCUT2D eigenvalue weighted by Gasteiger charge is -2.30. The van der Waals surface area contributed by atoms with Gasteiger partial charge in [0.1, 0.15) is 6.61 Å². The predicted octanol–water partition coefficient (Wildman–Crippen LogP) is 5.46. The van der Waals surface area contributed by atoms with Gasteiger partial charge >= 0.3 is 5.97 Å². The van der Waals surface area contributed by atoms with E-state index in [1.807, 2.05) is 66.4 Å². The number of rotatable bonds is 10. The highest BCUT2D eigenvalue weighted by Crippen LogP contribution is 2.37. The average molecular weight is 497 g/mol. The summed E-state index contributed by atoms with van der Waals surface area (Å²) < 4.78 is 17.2. The summed E-state index contributed by atoms with van der Waals surface area (Å²) in [5.74, 6) is 0.113. The van der Waals surface area contributed by atoms with Crippen molar-refractivity contribution in [2.75, 3.05) is 43.1 Å². The largest absolute Gasteiger partial charge is 0.490 e. The molecule has 1 heterocycles. The van der Waals surface area contributed by atoms with E-state index in [2.05, 4.69) is 5.32 Å². The van der Waals surface area contributed by atoms with Crippen molar-refractivity contribution >= 4 is 28.9 Å². The minimum atomic E-state index is -0.961. The molecule has 0 aromatic heterocycles. The third kappa shape index (κ3) is 6.38. The van der Waals surface area contributed by atoms with Gasteiger partial charge in [-0.2, -0.15) is 0 Å². The molecule has 0 saturated carbocycles. The van der Waals surface area contributed by atoms with Gasteiger partial charge in [0.15, 0.2) is 11.5 Å². The van der Waals surface area contributed by atoms with E-state index in [1.54, 1.807) is 6.07 Å². The minimum absolute atomic E-state index is 0.259. The van der Waals surface area contributed by atoms with Gasteiger partial charge in [-0.25, -0.2) is 4.79 Å². The van der Waals surface area contributed by atoms with Crippen LogP contribution in [0.25, 0.3) is 0 Å². The number of aromatic carboxylic acids is 1. The minimum Gasteiger partial charge on any atom is -0.490 e. The Morgan fingerprint density at radius 1 is 1.06 bits per heavy atom. The number of morpholine rings is 1. The summed E-state index contributed by atoms with van der Waals surface area (Å²) in [6.07, 6.45) is 0. The van der Waals surface area contributed by atoms with Gasteiger partial charge < -0.3 is 29.5 Å². The van der Waals surface area contributed by atoms with Crippen LogP contribution in [0.2, 0.25) is 5.02 Å². The molecule has 1 aliphatic heterocycles. The molecular weight excluding hydrogens is 468 g/mol. The van der Waals surface area contributed by atoms with Crippen molar-refractivity contribution in [2.24, 2.45) is 0 Å². The van der Waals surface area contributed by atoms with Crippen molar-refractivity contribution in [1.29, 1.82) is 0 Å². The lowest BCUT2D eigenvalue weighted by Crippen LogP contribution is -2.37. The van der Waals surface area contributed by atoms with Crippen molar-refractivity contribution in [1.82, 2.24) is 0 Å². The zero-order valence-corrected chi connectivity index (χ0v) is 20.4. The molecule has 3 aromatic rings. The molecule has 7 nitrogen and oxygen atoms in total. The van der Waals surface area contributed by atoms with E-state index >= 15 is 0 Å². The number of halogens is 1. The topological polar surface area (TPSA) is 80.3 Å². The lowest BCUT2D eigenvalue weighted by molar-refractivity contribution is 0.0696. The van der Waals surface area contributed by atoms with E-state index in [1.165, 1.54) is 0 Å². The van der Waals surface area contributed by atoms with Gasteiger partial charge in [0.25, 0.3) is 0 Å². The van der Waals surface area contributed by atoms with Crippen LogP contribution in [0.5, 0.6) is 11.5 Å². The van der Waals surface area contributed by atoms with Crippen molar-refractivity contribution in [2.45, 2.75) is 20.1 Å². The number of nitrogens with zero attached hydrogens (tertiary/aromatic N) is 1. The first-order valence-electron chi connectivity index (χ1n) is 11.6. The molecule has 1 saturated heterocycles. The summed E-state index contributed by atoms with van der Waals surface area (Å²) in [5.41, 5.74) is 3.59. The first kappa shape index (κ1) is 24.7. The van der Waals surface area contributed by atoms with Crippen LogP contribution >= 0.6 is 11.6 Å². The van der Waals surface area contributed by atoms with Gasteiger partial charge in [0.2, 0.25) is 0 Å². The Labute approximate surface area is 210 Å². The number of nitrogens with one attached hydrogen (secondary N) is 1. The molecule has 0 unspecified atom stereocenters. The van der Waals surface area contributed by atoms with Crippen LogP contribution in [0.3, 0.4) is 0 Å². The second-order valence-electron chi connectivity index (χ2n) is 8.10. The fourth-order valence-corrected chi connectivity index (χ4v) is 4.25. The molecule has 3 aromatic carbocycles. The van der Waals surface area contributed by atoms with Crippen molar-refractivity contribution in [3.63, 3.8) is 0 Å². The quantitative estimate of drug-likeness (QED) is 0.385. The summed E-state index contributed by atoms with van der Waals surface area (Å²) in [4.78, 5) is 14.0. The van der Waals surface area contributed by atoms with E-state index in [0.717, 1.165) is 11.1 Å².